The molecule has 3 aromatic heterocycles. The molecular weight excluding hydrogens is 454 g/mol. The number of nitrogens with zero attached hydrogens (tertiary/aromatic N) is 8. The fourth-order valence-corrected chi connectivity index (χ4v) is 3.30. The van der Waals surface area contributed by atoms with Crippen molar-refractivity contribution in [3.63, 3.8) is 0 Å². The molecular formula is C19H14F6N8. The minimum Gasteiger partial charge on any atom is -0.351 e. The third-order valence-corrected chi connectivity index (χ3v) is 4.98. The van der Waals surface area contributed by atoms with Crippen LogP contribution in [0.4, 0.5) is 32.2 Å². The predicted octanol–water partition coefficient (Wildman–Crippen LogP) is 4.24. The Morgan fingerprint density at radius 3 is 2.15 bits per heavy atom. The minimum absolute atomic E-state index is 0.0483. The van der Waals surface area contributed by atoms with Crippen molar-refractivity contribution in [2.45, 2.75) is 25.3 Å². The van der Waals surface area contributed by atoms with Crippen LogP contribution in [0.25, 0.3) is 16.7 Å². The second kappa shape index (κ2) is 7.94. The zero-order chi connectivity index (χ0) is 24.0. The summed E-state index contributed by atoms with van der Waals surface area (Å²) in [5.41, 5.74) is -3.28. The highest BCUT2D eigenvalue weighted by atomic mass is 19.4. The van der Waals surface area contributed by atoms with Crippen molar-refractivity contribution in [1.29, 1.82) is 0 Å². The first kappa shape index (κ1) is 22.4. The summed E-state index contributed by atoms with van der Waals surface area (Å²) in [7, 11) is 1.47. The van der Waals surface area contributed by atoms with Gasteiger partial charge in [0, 0.05) is 24.8 Å². The Balaban J connectivity index is 1.89. The Morgan fingerprint density at radius 2 is 1.52 bits per heavy atom. The number of hydrogen-bond acceptors (Lipinski definition) is 7. The number of aromatic nitrogens is 7. The Labute approximate surface area is 181 Å². The number of halogens is 6. The second-order valence-corrected chi connectivity index (χ2v) is 6.98. The third kappa shape index (κ3) is 4.15. The summed E-state index contributed by atoms with van der Waals surface area (Å²) in [5, 5.41) is 7.59. The Bertz CT molecular complexity index is 1290. The molecule has 1 unspecified atom stereocenters. The van der Waals surface area contributed by atoms with Crippen molar-refractivity contribution in [3.8, 4) is 5.82 Å². The summed E-state index contributed by atoms with van der Waals surface area (Å²) < 4.78 is 80.9. The maximum atomic E-state index is 13.6. The number of alkyl halides is 6. The molecule has 4 aromatic rings. The fraction of sp³-hybridized carbons (Fsp3) is 0.263. The molecule has 0 N–H and O–H groups in total. The number of fused-ring (bicyclic) bond motifs is 1. The van der Waals surface area contributed by atoms with Crippen LogP contribution in [-0.2, 0) is 12.4 Å². The molecule has 1 atom stereocenters. The lowest BCUT2D eigenvalue weighted by Crippen LogP contribution is -2.26. The monoisotopic (exact) mass is 468 g/mol. The minimum atomic E-state index is -5.06. The van der Waals surface area contributed by atoms with E-state index in [0.29, 0.717) is 11.8 Å². The van der Waals surface area contributed by atoms with Gasteiger partial charge in [-0.15, -0.1) is 4.80 Å². The summed E-state index contributed by atoms with van der Waals surface area (Å²) in [4.78, 5) is 18.7. The van der Waals surface area contributed by atoms with Crippen LogP contribution in [0.15, 0.2) is 43.2 Å². The number of rotatable bonds is 4. The molecule has 4 rings (SSSR count). The number of benzene rings is 1. The highest BCUT2D eigenvalue weighted by Gasteiger charge is 2.39. The topological polar surface area (TPSA) is 85.5 Å². The van der Waals surface area contributed by atoms with Gasteiger partial charge in [0.2, 0.25) is 0 Å². The van der Waals surface area contributed by atoms with Gasteiger partial charge >= 0.3 is 12.4 Å². The first-order valence-corrected chi connectivity index (χ1v) is 9.32. The molecule has 0 radical (unpaired) electrons. The standard InChI is InChI=1S/C19H14F6N8/c1-10(14-17(27-4-3-26-14)33-30-5-6-31-33)32(2)16-12-7-11(18(20,21)22)8-13(19(23,24)25)15(12)28-9-29-16/h3-10H,1-2H3. The van der Waals surface area contributed by atoms with E-state index in [2.05, 4.69) is 30.1 Å². The molecule has 14 heteroatoms. The van der Waals surface area contributed by atoms with Crippen LogP contribution < -0.4 is 4.90 Å². The summed E-state index contributed by atoms with van der Waals surface area (Å²) in [5.74, 6) is 0.0984. The molecule has 0 spiro atoms. The smallest absolute Gasteiger partial charge is 0.351 e. The van der Waals surface area contributed by atoms with Crippen molar-refractivity contribution < 1.29 is 26.3 Å². The molecule has 0 saturated carbocycles. The molecule has 172 valence electrons. The van der Waals surface area contributed by atoms with Crippen molar-refractivity contribution in [3.05, 3.63) is 60.1 Å². The van der Waals surface area contributed by atoms with Gasteiger partial charge in [0.05, 0.1) is 35.1 Å². The van der Waals surface area contributed by atoms with Crippen LogP contribution in [0.2, 0.25) is 0 Å². The lowest BCUT2D eigenvalue weighted by Gasteiger charge is -2.27. The van der Waals surface area contributed by atoms with Crippen LogP contribution >= 0.6 is 0 Å². The van der Waals surface area contributed by atoms with Crippen molar-refractivity contribution >= 4 is 16.7 Å². The van der Waals surface area contributed by atoms with E-state index in [1.165, 1.54) is 41.5 Å². The first-order chi connectivity index (χ1) is 15.5. The van der Waals surface area contributed by atoms with Gasteiger partial charge in [0.25, 0.3) is 0 Å². The normalized spacial score (nSPS) is 13.3. The Hall–Kier alpha value is -3.84. The molecule has 3 heterocycles. The Morgan fingerprint density at radius 1 is 0.848 bits per heavy atom. The van der Waals surface area contributed by atoms with Crippen molar-refractivity contribution in [2.24, 2.45) is 0 Å². The average molecular weight is 468 g/mol. The zero-order valence-corrected chi connectivity index (χ0v) is 17.0. The van der Waals surface area contributed by atoms with Crippen LogP contribution in [0.3, 0.4) is 0 Å². The second-order valence-electron chi connectivity index (χ2n) is 6.98. The molecule has 33 heavy (non-hydrogen) atoms. The molecule has 0 bridgehead atoms. The van der Waals surface area contributed by atoms with Crippen molar-refractivity contribution in [1.82, 2.24) is 34.9 Å². The summed E-state index contributed by atoms with van der Waals surface area (Å²) >= 11 is 0. The third-order valence-electron chi connectivity index (χ3n) is 4.98. The van der Waals surface area contributed by atoms with E-state index in [9.17, 15) is 26.3 Å². The average Bonchev–Trinajstić information content (AvgIpc) is 3.30. The quantitative estimate of drug-likeness (QED) is 0.414. The SMILES string of the molecule is CC(c1nccnc1-n1nccn1)N(C)c1ncnc2c(C(F)(F)F)cc(C(F)(F)F)cc12. The first-order valence-electron chi connectivity index (χ1n) is 9.32. The van der Waals surface area contributed by atoms with E-state index in [1.807, 2.05) is 0 Å². The highest BCUT2D eigenvalue weighted by Crippen LogP contribution is 2.41. The van der Waals surface area contributed by atoms with Gasteiger partial charge < -0.3 is 4.90 Å². The van der Waals surface area contributed by atoms with E-state index in [0.717, 1.165) is 6.33 Å². The summed E-state index contributed by atoms with van der Waals surface area (Å²) in [6.07, 6.45) is -3.55. The summed E-state index contributed by atoms with van der Waals surface area (Å²) in [6, 6.07) is -0.0377. The van der Waals surface area contributed by atoms with E-state index in [1.54, 1.807) is 6.92 Å². The van der Waals surface area contributed by atoms with Crippen LogP contribution in [0.5, 0.6) is 0 Å². The summed E-state index contributed by atoms with van der Waals surface area (Å²) in [6.45, 7) is 1.64. The molecule has 0 aliphatic carbocycles. The molecule has 0 aliphatic rings. The van der Waals surface area contributed by atoms with Crippen LogP contribution in [0, 0.1) is 0 Å². The lowest BCUT2D eigenvalue weighted by molar-refractivity contribution is -0.142. The molecule has 0 aliphatic heterocycles. The van der Waals surface area contributed by atoms with Crippen LogP contribution in [0.1, 0.15) is 29.8 Å². The maximum absolute atomic E-state index is 13.6. The maximum Gasteiger partial charge on any atom is 0.418 e. The largest absolute Gasteiger partial charge is 0.418 e. The highest BCUT2D eigenvalue weighted by molar-refractivity contribution is 5.92. The molecule has 0 amide bonds. The van der Waals surface area contributed by atoms with E-state index < -0.39 is 40.4 Å². The van der Waals surface area contributed by atoms with Gasteiger partial charge in [-0.1, -0.05) is 0 Å². The van der Waals surface area contributed by atoms with E-state index >= 15 is 0 Å². The molecule has 1 aromatic carbocycles. The van der Waals surface area contributed by atoms with Gasteiger partial charge in [-0.25, -0.2) is 15.0 Å². The Kier molecular flexibility index (Phi) is 5.38. The van der Waals surface area contributed by atoms with E-state index in [4.69, 9.17) is 0 Å². The van der Waals surface area contributed by atoms with Gasteiger partial charge in [-0.3, -0.25) is 4.98 Å². The number of hydrogen-bond donors (Lipinski definition) is 0. The molecule has 0 saturated heterocycles. The van der Waals surface area contributed by atoms with E-state index in [-0.39, 0.29) is 17.7 Å². The van der Waals surface area contributed by atoms with Gasteiger partial charge in [0.15, 0.2) is 5.82 Å². The molecule has 8 nitrogen and oxygen atoms in total. The van der Waals surface area contributed by atoms with Gasteiger partial charge in [-0.2, -0.15) is 36.5 Å². The number of anilines is 1. The fourth-order valence-electron chi connectivity index (χ4n) is 3.30. The predicted molar refractivity (Wildman–Crippen MR) is 103 cm³/mol. The van der Waals surface area contributed by atoms with Crippen molar-refractivity contribution in [2.75, 3.05) is 11.9 Å². The van der Waals surface area contributed by atoms with Crippen LogP contribution in [-0.4, -0.2) is 42.0 Å². The molecule has 0 fully saturated rings. The zero-order valence-electron chi connectivity index (χ0n) is 17.0. The lowest BCUT2D eigenvalue weighted by atomic mass is 10.0. The van der Waals surface area contributed by atoms with Gasteiger partial charge in [-0.05, 0) is 19.1 Å². The van der Waals surface area contributed by atoms with Gasteiger partial charge in [0.1, 0.15) is 17.8 Å².